The van der Waals surface area contributed by atoms with Gasteiger partial charge in [0, 0.05) is 0 Å². The summed E-state index contributed by atoms with van der Waals surface area (Å²) < 4.78 is 2.32. The molecule has 1 aromatic carbocycles. The van der Waals surface area contributed by atoms with E-state index in [4.69, 9.17) is 4.84 Å². The van der Waals surface area contributed by atoms with Gasteiger partial charge in [-0.25, -0.2) is 0 Å². The van der Waals surface area contributed by atoms with Crippen LogP contribution in [0, 0.1) is 0 Å². The predicted molar refractivity (Wildman–Crippen MR) is 57.8 cm³/mol. The van der Waals surface area contributed by atoms with Crippen LogP contribution in [-0.4, -0.2) is 10.7 Å². The zero-order valence-corrected chi connectivity index (χ0v) is 8.71. The van der Waals surface area contributed by atoms with Crippen molar-refractivity contribution in [3.8, 4) is 0 Å². The molecule has 0 fully saturated rings. The van der Waals surface area contributed by atoms with E-state index in [2.05, 4.69) is 0 Å². The molecule has 0 N–H and O–H groups in total. The van der Waals surface area contributed by atoms with Crippen LogP contribution in [-0.2, 0) is 0 Å². The number of rotatable bonds is 3. The minimum absolute atomic E-state index is 0.0564. The Morgan fingerprint density at radius 2 is 2.21 bits per heavy atom. The number of hydrogen-bond acceptors (Lipinski definition) is 3. The van der Waals surface area contributed by atoms with Crippen LogP contribution in [0.25, 0.3) is 10.1 Å². The summed E-state index contributed by atoms with van der Waals surface area (Å²) in [5, 5.41) is 0.730. The van der Waals surface area contributed by atoms with Crippen LogP contribution in [0.4, 0.5) is 0 Å². The van der Waals surface area contributed by atoms with Gasteiger partial charge in [-0.1, -0.05) is 23.2 Å². The highest BCUT2D eigenvalue weighted by Gasteiger charge is 2.06. The van der Waals surface area contributed by atoms with Crippen molar-refractivity contribution in [2.75, 3.05) is 6.61 Å². The largest absolute Gasteiger partial charge is 0.401 e. The van der Waals surface area contributed by atoms with Crippen LogP contribution in [0.5, 0.6) is 0 Å². The average molecular weight is 209 g/mol. The molecule has 0 amide bonds. The number of hydrogen-bond donors (Lipinski definition) is 0. The van der Waals surface area contributed by atoms with Crippen LogP contribution in [0.1, 0.15) is 13.3 Å². The Balaban J connectivity index is 2.47. The van der Waals surface area contributed by atoms with Gasteiger partial charge in [0.25, 0.3) is 0 Å². The average Bonchev–Trinajstić information content (AvgIpc) is 2.54. The molecule has 4 heteroatoms. The molecule has 0 aliphatic heterocycles. The standard InChI is InChI=1S/C10H11NO2S/c1-2-7-13-11-10(12)8-5-3-4-6-9(8)14-11/h3-6H,2,7H2,1H3. The van der Waals surface area contributed by atoms with E-state index in [1.165, 1.54) is 15.7 Å². The SMILES string of the molecule is CCCOn1sc2ccccc2c1=O. The lowest BCUT2D eigenvalue weighted by Gasteiger charge is -1.99. The lowest BCUT2D eigenvalue weighted by Crippen LogP contribution is -2.21. The third-order valence-corrected chi connectivity index (χ3v) is 2.87. The lowest BCUT2D eigenvalue weighted by atomic mass is 10.3. The Hall–Kier alpha value is -1.29. The fourth-order valence-corrected chi connectivity index (χ4v) is 2.09. The molecule has 0 aliphatic rings. The summed E-state index contributed by atoms with van der Waals surface area (Å²) in [5.74, 6) is 0. The molecule has 2 aromatic rings. The first-order valence-corrected chi connectivity index (χ1v) is 5.34. The molecule has 1 heterocycles. The van der Waals surface area contributed by atoms with Gasteiger partial charge in [-0.3, -0.25) is 4.79 Å². The van der Waals surface area contributed by atoms with Crippen molar-refractivity contribution in [1.29, 1.82) is 0 Å². The molecule has 0 saturated heterocycles. The molecule has 0 aliphatic carbocycles. The molecule has 1 aromatic heterocycles. The quantitative estimate of drug-likeness (QED) is 0.773. The molecular formula is C10H11NO2S. The van der Waals surface area contributed by atoms with Crippen LogP contribution >= 0.6 is 11.5 Å². The maximum atomic E-state index is 11.7. The Morgan fingerprint density at radius 3 is 2.93 bits per heavy atom. The minimum atomic E-state index is -0.0564. The van der Waals surface area contributed by atoms with Crippen molar-refractivity contribution in [2.24, 2.45) is 0 Å². The lowest BCUT2D eigenvalue weighted by molar-refractivity contribution is 0.129. The van der Waals surface area contributed by atoms with Crippen molar-refractivity contribution in [3.05, 3.63) is 34.6 Å². The van der Waals surface area contributed by atoms with Gasteiger partial charge in [0.05, 0.1) is 10.1 Å². The van der Waals surface area contributed by atoms with Gasteiger partial charge < -0.3 is 4.84 Å². The van der Waals surface area contributed by atoms with Crippen LogP contribution in [0.15, 0.2) is 29.1 Å². The van der Waals surface area contributed by atoms with Gasteiger partial charge in [-0.15, -0.1) is 0 Å². The molecule has 0 atom stereocenters. The van der Waals surface area contributed by atoms with Gasteiger partial charge in [-0.05, 0) is 30.1 Å². The van der Waals surface area contributed by atoms with Crippen LogP contribution < -0.4 is 10.4 Å². The minimum Gasteiger partial charge on any atom is -0.401 e. The molecule has 74 valence electrons. The molecule has 0 unspecified atom stereocenters. The second-order valence-corrected chi connectivity index (χ2v) is 3.94. The van der Waals surface area contributed by atoms with Crippen LogP contribution in [0.3, 0.4) is 0 Å². The molecule has 0 radical (unpaired) electrons. The number of benzene rings is 1. The number of nitrogens with zero attached hydrogens (tertiary/aromatic N) is 1. The monoisotopic (exact) mass is 209 g/mol. The van der Waals surface area contributed by atoms with Crippen molar-refractivity contribution < 1.29 is 4.84 Å². The maximum Gasteiger partial charge on any atom is 0.302 e. The second-order valence-electron chi connectivity index (χ2n) is 2.98. The third kappa shape index (κ3) is 1.53. The summed E-state index contributed by atoms with van der Waals surface area (Å²) in [4.78, 5) is 17.0. The molecule has 14 heavy (non-hydrogen) atoms. The number of aromatic nitrogens is 1. The van der Waals surface area contributed by atoms with Crippen LogP contribution in [0.2, 0.25) is 0 Å². The summed E-state index contributed by atoms with van der Waals surface area (Å²) in [6.45, 7) is 2.59. The van der Waals surface area contributed by atoms with Gasteiger partial charge in [0.1, 0.15) is 6.61 Å². The molecular weight excluding hydrogens is 198 g/mol. The topological polar surface area (TPSA) is 31.2 Å². The van der Waals surface area contributed by atoms with E-state index in [1.807, 2.05) is 31.2 Å². The number of fused-ring (bicyclic) bond motifs is 1. The summed E-state index contributed by atoms with van der Waals surface area (Å²) >= 11 is 1.35. The predicted octanol–water partition coefficient (Wildman–Crippen LogP) is 1.90. The van der Waals surface area contributed by atoms with E-state index in [9.17, 15) is 4.79 Å². The highest BCUT2D eigenvalue weighted by molar-refractivity contribution is 7.13. The van der Waals surface area contributed by atoms with Crippen molar-refractivity contribution >= 4 is 21.6 Å². The van der Waals surface area contributed by atoms with Crippen molar-refractivity contribution in [3.63, 3.8) is 0 Å². The third-order valence-electron chi connectivity index (χ3n) is 1.88. The van der Waals surface area contributed by atoms with Crippen molar-refractivity contribution in [2.45, 2.75) is 13.3 Å². The second kappa shape index (κ2) is 3.84. The molecule has 0 spiro atoms. The van der Waals surface area contributed by atoms with E-state index >= 15 is 0 Å². The highest BCUT2D eigenvalue weighted by atomic mass is 32.1. The first kappa shape index (κ1) is 9.27. The Morgan fingerprint density at radius 1 is 1.43 bits per heavy atom. The zero-order valence-electron chi connectivity index (χ0n) is 7.90. The Bertz CT molecular complexity index is 486. The summed E-state index contributed by atoms with van der Waals surface area (Å²) in [5.41, 5.74) is -0.0564. The van der Waals surface area contributed by atoms with E-state index in [-0.39, 0.29) is 5.56 Å². The Labute approximate surface area is 85.6 Å². The zero-order chi connectivity index (χ0) is 9.97. The first-order chi connectivity index (χ1) is 6.83. The first-order valence-electron chi connectivity index (χ1n) is 4.57. The Kier molecular flexibility index (Phi) is 2.54. The van der Waals surface area contributed by atoms with Gasteiger partial charge in [0.15, 0.2) is 0 Å². The molecule has 2 rings (SSSR count). The summed E-state index contributed by atoms with van der Waals surface area (Å²) in [6.07, 6.45) is 0.903. The van der Waals surface area contributed by atoms with Gasteiger partial charge in [0.2, 0.25) is 0 Å². The van der Waals surface area contributed by atoms with Gasteiger partial charge >= 0.3 is 5.56 Å². The fraction of sp³-hybridized carbons (Fsp3) is 0.300. The molecule has 0 saturated carbocycles. The fourth-order valence-electron chi connectivity index (χ4n) is 1.21. The van der Waals surface area contributed by atoms with E-state index in [0.717, 1.165) is 16.5 Å². The normalized spacial score (nSPS) is 10.6. The molecule has 0 bridgehead atoms. The smallest absolute Gasteiger partial charge is 0.302 e. The van der Waals surface area contributed by atoms with E-state index < -0.39 is 0 Å². The van der Waals surface area contributed by atoms with Crippen molar-refractivity contribution in [1.82, 2.24) is 4.12 Å². The van der Waals surface area contributed by atoms with E-state index in [1.54, 1.807) is 0 Å². The highest BCUT2D eigenvalue weighted by Crippen LogP contribution is 2.14. The van der Waals surface area contributed by atoms with Gasteiger partial charge in [-0.2, -0.15) is 0 Å². The summed E-state index contributed by atoms with van der Waals surface area (Å²) in [7, 11) is 0. The van der Waals surface area contributed by atoms with E-state index in [0.29, 0.717) is 6.61 Å². The summed E-state index contributed by atoms with van der Waals surface area (Å²) in [6, 6.07) is 7.52. The molecule has 3 nitrogen and oxygen atoms in total. The maximum absolute atomic E-state index is 11.7.